The number of hydrogen-bond donors (Lipinski definition) is 1. The number of anilines is 1. The zero-order valence-corrected chi connectivity index (χ0v) is 12.2. The fourth-order valence-electron chi connectivity index (χ4n) is 1.78. The van der Waals surface area contributed by atoms with Gasteiger partial charge in [-0.3, -0.25) is 4.79 Å². The highest BCUT2D eigenvalue weighted by molar-refractivity contribution is 6.01. The average molecular weight is 294 g/mol. The first-order chi connectivity index (χ1) is 10.0. The number of esters is 1. The molecule has 2 amide bonds. The molecule has 0 saturated carbocycles. The minimum atomic E-state index is -0.584. The van der Waals surface area contributed by atoms with Crippen LogP contribution in [-0.2, 0) is 14.3 Å². The van der Waals surface area contributed by atoms with Crippen molar-refractivity contribution in [3.05, 3.63) is 29.8 Å². The zero-order chi connectivity index (χ0) is 15.8. The number of alkyl carbamates (subject to hydrolysis) is 1. The monoisotopic (exact) mass is 294 g/mol. The fraction of sp³-hybridized carbons (Fsp3) is 0.357. The molecule has 0 aliphatic heterocycles. The molecule has 0 fully saturated rings. The van der Waals surface area contributed by atoms with Gasteiger partial charge < -0.3 is 19.7 Å². The van der Waals surface area contributed by atoms with E-state index < -0.39 is 12.1 Å². The van der Waals surface area contributed by atoms with Crippen LogP contribution in [0.3, 0.4) is 0 Å². The van der Waals surface area contributed by atoms with Gasteiger partial charge in [0.1, 0.15) is 0 Å². The topological polar surface area (TPSA) is 84.9 Å². The van der Waals surface area contributed by atoms with Crippen LogP contribution in [0.15, 0.2) is 24.3 Å². The summed E-state index contributed by atoms with van der Waals surface area (Å²) in [6.07, 6.45) is -0.584. The quantitative estimate of drug-likeness (QED) is 0.824. The Labute approximate surface area is 122 Å². The molecule has 1 aromatic carbocycles. The number of hydrogen-bond acceptors (Lipinski definition) is 5. The minimum absolute atomic E-state index is 0.196. The van der Waals surface area contributed by atoms with E-state index in [4.69, 9.17) is 4.74 Å². The predicted molar refractivity (Wildman–Crippen MR) is 76.2 cm³/mol. The van der Waals surface area contributed by atoms with Crippen LogP contribution in [0.4, 0.5) is 10.5 Å². The number of methoxy groups -OCH3 is 2. The summed E-state index contributed by atoms with van der Waals surface area (Å²) >= 11 is 0. The van der Waals surface area contributed by atoms with Gasteiger partial charge >= 0.3 is 12.1 Å². The van der Waals surface area contributed by atoms with Crippen molar-refractivity contribution >= 4 is 23.7 Å². The molecule has 0 saturated heterocycles. The molecule has 1 rings (SSSR count). The van der Waals surface area contributed by atoms with Gasteiger partial charge in [-0.15, -0.1) is 0 Å². The van der Waals surface area contributed by atoms with Crippen LogP contribution in [0.25, 0.3) is 0 Å². The summed E-state index contributed by atoms with van der Waals surface area (Å²) in [5.41, 5.74) is 0.719. The van der Waals surface area contributed by atoms with E-state index in [1.807, 2.05) is 0 Å². The summed E-state index contributed by atoms with van der Waals surface area (Å²) in [7, 11) is 2.53. The summed E-state index contributed by atoms with van der Waals surface area (Å²) in [6.45, 7) is 1.78. The second-order valence-electron chi connectivity index (χ2n) is 4.10. The largest absolute Gasteiger partial charge is 0.465 e. The Bertz CT molecular complexity index is 530. The lowest BCUT2D eigenvalue weighted by atomic mass is 10.1. The summed E-state index contributed by atoms with van der Waals surface area (Å²) in [6, 6.07) is 6.61. The lowest BCUT2D eigenvalue weighted by Gasteiger charge is -2.23. The van der Waals surface area contributed by atoms with Gasteiger partial charge in [0.25, 0.3) is 0 Å². The van der Waals surface area contributed by atoms with Gasteiger partial charge in [0.15, 0.2) is 0 Å². The number of carbonyl (C=O) groups is 3. The van der Waals surface area contributed by atoms with Crippen LogP contribution in [0.2, 0.25) is 0 Å². The smallest absolute Gasteiger partial charge is 0.406 e. The lowest BCUT2D eigenvalue weighted by Crippen LogP contribution is -2.38. The Morgan fingerprint density at radius 1 is 1.14 bits per heavy atom. The third kappa shape index (κ3) is 4.48. The number of amides is 2. The van der Waals surface area contributed by atoms with Crippen molar-refractivity contribution in [2.45, 2.75) is 6.92 Å². The molecule has 0 bridgehead atoms. The Hall–Kier alpha value is -2.57. The molecule has 1 N–H and O–H groups in total. The molecule has 7 heteroatoms. The molecule has 21 heavy (non-hydrogen) atoms. The van der Waals surface area contributed by atoms with Crippen LogP contribution in [0.5, 0.6) is 0 Å². The standard InChI is InChI=1S/C14H18N2O5/c1-10(17)16(9-8-15-14(19)21-3)12-7-5-4-6-11(12)13(18)20-2/h4-7H,8-9H2,1-3H3,(H,15,19). The first-order valence-electron chi connectivity index (χ1n) is 6.28. The van der Waals surface area contributed by atoms with E-state index in [2.05, 4.69) is 10.1 Å². The van der Waals surface area contributed by atoms with Crippen molar-refractivity contribution in [1.82, 2.24) is 5.32 Å². The molecule has 0 unspecified atom stereocenters. The second kappa shape index (κ2) is 7.88. The molecule has 114 valence electrons. The first kappa shape index (κ1) is 16.5. The maximum Gasteiger partial charge on any atom is 0.406 e. The third-order valence-corrected chi connectivity index (χ3v) is 2.77. The van der Waals surface area contributed by atoms with Crippen molar-refractivity contribution in [3.63, 3.8) is 0 Å². The molecule has 0 radical (unpaired) electrons. The van der Waals surface area contributed by atoms with E-state index in [0.29, 0.717) is 5.69 Å². The molecule has 0 aromatic heterocycles. The lowest BCUT2D eigenvalue weighted by molar-refractivity contribution is -0.116. The second-order valence-corrected chi connectivity index (χ2v) is 4.10. The van der Waals surface area contributed by atoms with Crippen LogP contribution in [-0.4, -0.2) is 45.3 Å². The van der Waals surface area contributed by atoms with Crippen molar-refractivity contribution in [1.29, 1.82) is 0 Å². The first-order valence-corrected chi connectivity index (χ1v) is 6.28. The van der Waals surface area contributed by atoms with Crippen LogP contribution < -0.4 is 10.2 Å². The SMILES string of the molecule is COC(=O)NCCN(C(C)=O)c1ccccc1C(=O)OC. The van der Waals surface area contributed by atoms with Gasteiger partial charge in [0.05, 0.1) is 25.5 Å². The van der Waals surface area contributed by atoms with Crippen LogP contribution >= 0.6 is 0 Å². The summed E-state index contributed by atoms with van der Waals surface area (Å²) in [5, 5.41) is 2.48. The molecular formula is C14H18N2O5. The van der Waals surface area contributed by atoms with Crippen molar-refractivity contribution in [2.24, 2.45) is 0 Å². The molecule has 0 aliphatic rings. The molecule has 7 nitrogen and oxygen atoms in total. The van der Waals surface area contributed by atoms with E-state index in [1.165, 1.54) is 26.0 Å². The number of benzene rings is 1. The van der Waals surface area contributed by atoms with Gasteiger partial charge in [0, 0.05) is 20.0 Å². The summed E-state index contributed by atoms with van der Waals surface area (Å²) < 4.78 is 9.15. The van der Waals surface area contributed by atoms with E-state index in [0.717, 1.165) is 0 Å². The molecule has 0 aliphatic carbocycles. The predicted octanol–water partition coefficient (Wildman–Crippen LogP) is 1.18. The van der Waals surface area contributed by atoms with E-state index >= 15 is 0 Å². The fourth-order valence-corrected chi connectivity index (χ4v) is 1.78. The van der Waals surface area contributed by atoms with Crippen molar-refractivity contribution < 1.29 is 23.9 Å². The van der Waals surface area contributed by atoms with E-state index in [-0.39, 0.29) is 24.6 Å². The highest BCUT2D eigenvalue weighted by Crippen LogP contribution is 2.21. The van der Waals surface area contributed by atoms with Crippen LogP contribution in [0.1, 0.15) is 17.3 Å². The number of carbonyl (C=O) groups excluding carboxylic acids is 3. The third-order valence-electron chi connectivity index (χ3n) is 2.77. The van der Waals surface area contributed by atoms with Gasteiger partial charge in [0.2, 0.25) is 5.91 Å². The molecular weight excluding hydrogens is 276 g/mol. The minimum Gasteiger partial charge on any atom is -0.465 e. The maximum atomic E-state index is 11.8. The Morgan fingerprint density at radius 3 is 2.38 bits per heavy atom. The van der Waals surface area contributed by atoms with Crippen molar-refractivity contribution in [3.8, 4) is 0 Å². The Kier molecular flexibility index (Phi) is 6.19. The van der Waals surface area contributed by atoms with Gasteiger partial charge in [-0.25, -0.2) is 9.59 Å². The van der Waals surface area contributed by atoms with Gasteiger partial charge in [-0.05, 0) is 12.1 Å². The van der Waals surface area contributed by atoms with E-state index in [9.17, 15) is 14.4 Å². The highest BCUT2D eigenvalue weighted by atomic mass is 16.5. The molecule has 0 heterocycles. The number of ether oxygens (including phenoxy) is 2. The Morgan fingerprint density at radius 2 is 1.81 bits per heavy atom. The Balaban J connectivity index is 2.93. The van der Waals surface area contributed by atoms with E-state index in [1.54, 1.807) is 24.3 Å². The number of rotatable bonds is 5. The summed E-state index contributed by atoms with van der Waals surface area (Å²) in [5.74, 6) is -0.782. The zero-order valence-electron chi connectivity index (χ0n) is 12.2. The number of para-hydroxylation sites is 1. The maximum absolute atomic E-state index is 11.8. The number of nitrogens with one attached hydrogen (secondary N) is 1. The van der Waals surface area contributed by atoms with Crippen LogP contribution in [0, 0.1) is 0 Å². The molecule has 0 atom stereocenters. The number of nitrogens with zero attached hydrogens (tertiary/aromatic N) is 1. The normalized spacial score (nSPS) is 9.67. The van der Waals surface area contributed by atoms with Crippen molar-refractivity contribution in [2.75, 3.05) is 32.2 Å². The molecule has 1 aromatic rings. The van der Waals surface area contributed by atoms with Gasteiger partial charge in [-0.1, -0.05) is 12.1 Å². The molecule has 0 spiro atoms. The summed E-state index contributed by atoms with van der Waals surface area (Å²) in [4.78, 5) is 35.9. The highest BCUT2D eigenvalue weighted by Gasteiger charge is 2.19. The van der Waals surface area contributed by atoms with Gasteiger partial charge in [-0.2, -0.15) is 0 Å². The average Bonchev–Trinajstić information content (AvgIpc) is 2.50.